The number of carbonyl (C=O) groups excluding carboxylic acids is 2. The van der Waals surface area contributed by atoms with Crippen molar-refractivity contribution in [2.75, 3.05) is 20.2 Å². The van der Waals surface area contributed by atoms with E-state index in [0.717, 1.165) is 0 Å². The van der Waals surface area contributed by atoms with Crippen LogP contribution in [0, 0.1) is 0 Å². The zero-order valence-electron chi connectivity index (χ0n) is 16.7. The summed E-state index contributed by atoms with van der Waals surface area (Å²) in [5, 5.41) is 2.65. The third-order valence-corrected chi connectivity index (χ3v) is 4.04. The molecule has 0 aliphatic carbocycles. The number of ether oxygens (including phenoxy) is 2. The van der Waals surface area contributed by atoms with Gasteiger partial charge < -0.3 is 24.1 Å². The Hall–Kier alpha value is -3.48. The van der Waals surface area contributed by atoms with Crippen LogP contribution >= 0.6 is 0 Å². The number of nitrogens with one attached hydrogen (secondary N) is 1. The monoisotopic (exact) mass is 398 g/mol. The number of carbonyl (C=O) groups is 2. The summed E-state index contributed by atoms with van der Waals surface area (Å²) in [7, 11) is 1.58. The zero-order valence-corrected chi connectivity index (χ0v) is 16.7. The second-order valence-corrected chi connectivity index (χ2v) is 6.25. The first kappa shape index (κ1) is 21.8. The third-order valence-electron chi connectivity index (χ3n) is 4.04. The normalized spacial score (nSPS) is 11.2. The lowest BCUT2D eigenvalue weighted by atomic mass is 10.2. The predicted octanol–water partition coefficient (Wildman–Crippen LogP) is 3.19. The molecule has 0 saturated carbocycles. The molecule has 0 aliphatic heterocycles. The summed E-state index contributed by atoms with van der Waals surface area (Å²) >= 11 is 0. The topological polar surface area (TPSA) is 81.0 Å². The molecule has 1 aromatic heterocycles. The lowest BCUT2D eigenvalue weighted by Crippen LogP contribution is -2.47. The van der Waals surface area contributed by atoms with E-state index in [1.165, 1.54) is 0 Å². The average Bonchev–Trinajstić information content (AvgIpc) is 3.21. The minimum atomic E-state index is -0.719. The molecule has 0 bridgehead atoms. The number of methoxy groups -OCH3 is 1. The summed E-state index contributed by atoms with van der Waals surface area (Å²) < 4.78 is 16.3. The first-order chi connectivity index (χ1) is 14.0. The van der Waals surface area contributed by atoms with Crippen molar-refractivity contribution >= 4 is 11.8 Å². The molecule has 2 amide bonds. The largest absolute Gasteiger partial charge is 0.497 e. The quantitative estimate of drug-likeness (QED) is 0.588. The number of furan rings is 1. The molecular formula is C22H26N2O5. The lowest BCUT2D eigenvalue weighted by Gasteiger charge is -2.23. The maximum atomic E-state index is 12.5. The van der Waals surface area contributed by atoms with Gasteiger partial charge in [-0.2, -0.15) is 0 Å². The molecule has 2 rings (SSSR count). The molecule has 7 nitrogen and oxygen atoms in total. The Morgan fingerprint density at radius 2 is 1.86 bits per heavy atom. The van der Waals surface area contributed by atoms with Crippen LogP contribution in [-0.4, -0.2) is 43.0 Å². The third kappa shape index (κ3) is 6.27. The van der Waals surface area contributed by atoms with Crippen LogP contribution in [0.3, 0.4) is 0 Å². The van der Waals surface area contributed by atoms with Crippen molar-refractivity contribution in [1.82, 2.24) is 10.2 Å². The zero-order chi connectivity index (χ0) is 21.2. The Bertz CT molecular complexity index is 848. The molecule has 7 heteroatoms. The van der Waals surface area contributed by atoms with E-state index in [1.54, 1.807) is 55.4 Å². The summed E-state index contributed by atoms with van der Waals surface area (Å²) in [6, 6.07) is 9.66. The molecule has 1 atom stereocenters. The number of nitrogens with zero attached hydrogens (tertiary/aromatic N) is 1. The molecule has 1 unspecified atom stereocenters. The van der Waals surface area contributed by atoms with E-state index in [1.807, 2.05) is 12.1 Å². The van der Waals surface area contributed by atoms with Gasteiger partial charge in [-0.05, 0) is 31.2 Å². The molecule has 1 heterocycles. The molecule has 154 valence electrons. The molecule has 1 aromatic carbocycles. The van der Waals surface area contributed by atoms with Crippen LogP contribution < -0.4 is 14.8 Å². The fraction of sp³-hybridized carbons (Fsp3) is 0.273. The first-order valence-electron chi connectivity index (χ1n) is 9.15. The minimum absolute atomic E-state index is 0.105. The van der Waals surface area contributed by atoms with Crippen molar-refractivity contribution < 1.29 is 23.5 Å². The fourth-order valence-electron chi connectivity index (χ4n) is 2.59. The number of amides is 2. The van der Waals surface area contributed by atoms with Crippen molar-refractivity contribution in [2.24, 2.45) is 0 Å². The molecule has 0 saturated heterocycles. The predicted molar refractivity (Wildman–Crippen MR) is 110 cm³/mol. The summed E-state index contributed by atoms with van der Waals surface area (Å²) in [6.45, 7) is 9.79. The van der Waals surface area contributed by atoms with Crippen LogP contribution in [0.4, 0.5) is 0 Å². The average molecular weight is 398 g/mol. The van der Waals surface area contributed by atoms with E-state index in [-0.39, 0.29) is 18.3 Å². The highest BCUT2D eigenvalue weighted by Crippen LogP contribution is 2.20. The summed E-state index contributed by atoms with van der Waals surface area (Å²) in [6.07, 6.45) is 3.24. The smallest absolute Gasteiger partial charge is 0.287 e. The Balaban J connectivity index is 1.93. The summed E-state index contributed by atoms with van der Waals surface area (Å²) in [5.41, 5.74) is 0. The van der Waals surface area contributed by atoms with E-state index in [0.29, 0.717) is 30.3 Å². The molecule has 1 N–H and O–H groups in total. The Morgan fingerprint density at radius 1 is 1.17 bits per heavy atom. The lowest BCUT2D eigenvalue weighted by molar-refractivity contribution is -0.131. The highest BCUT2D eigenvalue weighted by atomic mass is 16.5. The highest BCUT2D eigenvalue weighted by molar-refractivity contribution is 5.95. The van der Waals surface area contributed by atoms with Gasteiger partial charge in [0.25, 0.3) is 5.91 Å². The van der Waals surface area contributed by atoms with Gasteiger partial charge in [-0.3, -0.25) is 9.59 Å². The second-order valence-electron chi connectivity index (χ2n) is 6.25. The number of hydrogen-bond acceptors (Lipinski definition) is 5. The molecule has 0 spiro atoms. The number of benzene rings is 1. The van der Waals surface area contributed by atoms with E-state index in [9.17, 15) is 9.59 Å². The van der Waals surface area contributed by atoms with Crippen LogP contribution in [0.1, 0.15) is 23.2 Å². The Labute approximate surface area is 170 Å². The van der Waals surface area contributed by atoms with E-state index in [2.05, 4.69) is 18.5 Å². The summed E-state index contributed by atoms with van der Waals surface area (Å²) in [4.78, 5) is 26.4. The highest BCUT2D eigenvalue weighted by Gasteiger charge is 2.22. The second kappa shape index (κ2) is 10.8. The van der Waals surface area contributed by atoms with Crippen molar-refractivity contribution in [3.63, 3.8) is 0 Å². The molecule has 29 heavy (non-hydrogen) atoms. The maximum Gasteiger partial charge on any atom is 0.287 e. The van der Waals surface area contributed by atoms with Crippen LogP contribution in [-0.2, 0) is 11.4 Å². The van der Waals surface area contributed by atoms with Gasteiger partial charge in [0.05, 0.1) is 7.11 Å². The van der Waals surface area contributed by atoms with Gasteiger partial charge in [-0.25, -0.2) is 0 Å². The Morgan fingerprint density at radius 3 is 2.52 bits per heavy atom. The van der Waals surface area contributed by atoms with Gasteiger partial charge in [0, 0.05) is 19.2 Å². The van der Waals surface area contributed by atoms with Crippen LogP contribution in [0.2, 0.25) is 0 Å². The van der Waals surface area contributed by atoms with Crippen molar-refractivity contribution in [3.8, 4) is 11.5 Å². The first-order valence-corrected chi connectivity index (χ1v) is 9.15. The van der Waals surface area contributed by atoms with Gasteiger partial charge in [0.1, 0.15) is 29.9 Å². The van der Waals surface area contributed by atoms with Gasteiger partial charge in [0.15, 0.2) is 5.76 Å². The van der Waals surface area contributed by atoms with E-state index < -0.39 is 11.9 Å². The van der Waals surface area contributed by atoms with E-state index >= 15 is 0 Å². The molecule has 0 aliphatic rings. The maximum absolute atomic E-state index is 12.5. The number of hydrogen-bond donors (Lipinski definition) is 1. The Kier molecular flexibility index (Phi) is 8.09. The van der Waals surface area contributed by atoms with Gasteiger partial charge >= 0.3 is 0 Å². The standard InChI is InChI=1S/C22H26N2O5/c1-5-12-24(13-6-2)22(26)16(3)23-21(25)20-11-10-19(29-20)15-28-18-9-7-8-17(14-18)27-4/h5-11,14,16H,1-2,12-13,15H2,3-4H3,(H,23,25). The van der Waals surface area contributed by atoms with Crippen LogP contribution in [0.5, 0.6) is 11.5 Å². The molecule has 2 aromatic rings. The minimum Gasteiger partial charge on any atom is -0.497 e. The van der Waals surface area contributed by atoms with Crippen LogP contribution in [0.15, 0.2) is 66.1 Å². The van der Waals surface area contributed by atoms with Crippen molar-refractivity contribution in [2.45, 2.75) is 19.6 Å². The number of rotatable bonds is 11. The van der Waals surface area contributed by atoms with E-state index in [4.69, 9.17) is 13.9 Å². The van der Waals surface area contributed by atoms with Crippen molar-refractivity contribution in [3.05, 3.63) is 73.2 Å². The van der Waals surface area contributed by atoms with Crippen LogP contribution in [0.25, 0.3) is 0 Å². The molecule has 0 fully saturated rings. The van der Waals surface area contributed by atoms with Gasteiger partial charge in [0.2, 0.25) is 5.91 Å². The molecule has 0 radical (unpaired) electrons. The van der Waals surface area contributed by atoms with Gasteiger partial charge in [-0.15, -0.1) is 13.2 Å². The molecular weight excluding hydrogens is 372 g/mol. The van der Waals surface area contributed by atoms with Gasteiger partial charge in [-0.1, -0.05) is 18.2 Å². The fourth-order valence-corrected chi connectivity index (χ4v) is 2.59. The van der Waals surface area contributed by atoms with Crippen molar-refractivity contribution in [1.29, 1.82) is 0 Å². The SMILES string of the molecule is C=CCN(CC=C)C(=O)C(C)NC(=O)c1ccc(COc2cccc(OC)c2)o1. The summed E-state index contributed by atoms with van der Waals surface area (Å²) in [5.74, 6) is 1.19.